The Labute approximate surface area is 192 Å². The Morgan fingerprint density at radius 2 is 1.97 bits per heavy atom. The summed E-state index contributed by atoms with van der Waals surface area (Å²) < 4.78 is 2.25. The lowest BCUT2D eigenvalue weighted by Crippen LogP contribution is -2.39. The Bertz CT molecular complexity index is 926. The van der Waals surface area contributed by atoms with Gasteiger partial charge in [-0.3, -0.25) is 4.79 Å². The van der Waals surface area contributed by atoms with E-state index in [1.165, 1.54) is 0 Å². The first-order valence-corrected chi connectivity index (χ1v) is 12.4. The molecule has 2 aliphatic heterocycles. The van der Waals surface area contributed by atoms with Crippen molar-refractivity contribution in [3.8, 4) is 0 Å². The van der Waals surface area contributed by atoms with Gasteiger partial charge in [0.2, 0.25) is 5.95 Å². The molecule has 1 amide bonds. The second-order valence-electron chi connectivity index (χ2n) is 9.44. The van der Waals surface area contributed by atoms with Gasteiger partial charge < -0.3 is 24.4 Å². The lowest BCUT2D eigenvalue weighted by atomic mass is 10.1. The fourth-order valence-corrected chi connectivity index (χ4v) is 5.28. The number of rotatable bonds is 6. The van der Waals surface area contributed by atoms with Gasteiger partial charge in [-0.05, 0) is 69.8 Å². The summed E-state index contributed by atoms with van der Waals surface area (Å²) in [6.45, 7) is 10.1. The van der Waals surface area contributed by atoms with Crippen LogP contribution >= 0.6 is 0 Å². The fourth-order valence-electron chi connectivity index (χ4n) is 5.28. The normalized spacial score (nSPS) is 22.8. The van der Waals surface area contributed by atoms with Gasteiger partial charge in [-0.2, -0.15) is 0 Å². The first kappa shape index (κ1) is 23.1. The summed E-state index contributed by atoms with van der Waals surface area (Å²) in [6.07, 6.45) is 5.77. The molecule has 2 unspecified atom stereocenters. The molecule has 7 heteroatoms. The van der Waals surface area contributed by atoms with E-state index in [-0.39, 0.29) is 18.1 Å². The molecule has 1 N–H and O–H groups in total. The molecule has 32 heavy (non-hydrogen) atoms. The Morgan fingerprint density at radius 3 is 2.72 bits per heavy atom. The number of aliphatic hydroxyl groups excluding tert-OH is 1. The molecule has 2 atom stereocenters. The highest BCUT2D eigenvalue weighted by molar-refractivity contribution is 5.97. The van der Waals surface area contributed by atoms with E-state index < -0.39 is 0 Å². The number of aryl methyl sites for hydroxylation is 1. The summed E-state index contributed by atoms with van der Waals surface area (Å²) in [4.78, 5) is 24.9. The van der Waals surface area contributed by atoms with Gasteiger partial charge >= 0.3 is 0 Å². The summed E-state index contributed by atoms with van der Waals surface area (Å²) in [6, 6.07) is 6.25. The van der Waals surface area contributed by atoms with Crippen LogP contribution in [0, 0.1) is 0 Å². The number of imidazole rings is 1. The molecule has 3 heterocycles. The zero-order chi connectivity index (χ0) is 22.7. The zero-order valence-corrected chi connectivity index (χ0v) is 20.0. The van der Waals surface area contributed by atoms with E-state index in [0.717, 1.165) is 88.2 Å². The SMILES string of the molecule is CCCn1c(N2CCCC(O)C2)nc2cc(C(=O)N(C)C3CCCN(CC)CC3)ccc21. The Hall–Kier alpha value is -2.12. The van der Waals surface area contributed by atoms with Crippen LogP contribution in [0.1, 0.15) is 62.7 Å². The van der Waals surface area contributed by atoms with Crippen molar-refractivity contribution in [2.45, 2.75) is 71.1 Å². The molecule has 1 aromatic carbocycles. The van der Waals surface area contributed by atoms with Crippen LogP contribution < -0.4 is 4.90 Å². The molecule has 2 aromatic rings. The van der Waals surface area contributed by atoms with Crippen molar-refractivity contribution >= 4 is 22.9 Å². The predicted octanol–water partition coefficient (Wildman–Crippen LogP) is 3.35. The minimum atomic E-state index is -0.298. The molecule has 2 saturated heterocycles. The average molecular weight is 442 g/mol. The second-order valence-corrected chi connectivity index (χ2v) is 9.44. The van der Waals surface area contributed by atoms with Crippen LogP contribution in [-0.4, -0.2) is 82.3 Å². The molecular formula is C25H39N5O2. The molecule has 4 rings (SSSR count). The summed E-state index contributed by atoms with van der Waals surface area (Å²) in [7, 11) is 1.95. The number of hydrogen-bond donors (Lipinski definition) is 1. The zero-order valence-electron chi connectivity index (χ0n) is 20.0. The highest BCUT2D eigenvalue weighted by Gasteiger charge is 2.26. The smallest absolute Gasteiger partial charge is 0.253 e. The minimum Gasteiger partial charge on any atom is -0.391 e. The number of β-amino-alcohol motifs (C(OH)–C–C–N with tert-alkyl or cyclic N) is 1. The summed E-state index contributed by atoms with van der Waals surface area (Å²) in [5.74, 6) is 1.00. The van der Waals surface area contributed by atoms with Gasteiger partial charge in [0.15, 0.2) is 0 Å². The molecule has 0 spiro atoms. The topological polar surface area (TPSA) is 64.8 Å². The monoisotopic (exact) mass is 441 g/mol. The van der Waals surface area contributed by atoms with Crippen molar-refractivity contribution in [1.29, 1.82) is 0 Å². The van der Waals surface area contributed by atoms with Crippen molar-refractivity contribution in [2.75, 3.05) is 44.7 Å². The molecule has 0 radical (unpaired) electrons. The lowest BCUT2D eigenvalue weighted by molar-refractivity contribution is 0.0718. The number of fused-ring (bicyclic) bond motifs is 1. The van der Waals surface area contributed by atoms with E-state index in [1.54, 1.807) is 0 Å². The maximum absolute atomic E-state index is 13.3. The average Bonchev–Trinajstić information content (AvgIpc) is 2.99. The Morgan fingerprint density at radius 1 is 1.16 bits per heavy atom. The third-order valence-electron chi connectivity index (χ3n) is 7.21. The van der Waals surface area contributed by atoms with Gasteiger partial charge in [0.1, 0.15) is 0 Å². The quantitative estimate of drug-likeness (QED) is 0.745. The number of carbonyl (C=O) groups is 1. The highest BCUT2D eigenvalue weighted by Crippen LogP contribution is 2.27. The van der Waals surface area contributed by atoms with Crippen molar-refractivity contribution in [2.24, 2.45) is 0 Å². The number of benzene rings is 1. The van der Waals surface area contributed by atoms with Gasteiger partial charge in [0.05, 0.1) is 17.1 Å². The van der Waals surface area contributed by atoms with E-state index in [1.807, 2.05) is 24.1 Å². The summed E-state index contributed by atoms with van der Waals surface area (Å²) in [5, 5.41) is 10.2. The molecule has 176 valence electrons. The van der Waals surface area contributed by atoms with E-state index in [2.05, 4.69) is 34.3 Å². The maximum Gasteiger partial charge on any atom is 0.253 e. The molecule has 2 aliphatic rings. The second kappa shape index (κ2) is 10.2. The van der Waals surface area contributed by atoms with Crippen molar-refractivity contribution in [3.05, 3.63) is 23.8 Å². The number of hydrogen-bond acceptors (Lipinski definition) is 5. The van der Waals surface area contributed by atoms with Gasteiger partial charge in [0.25, 0.3) is 5.91 Å². The molecule has 1 aromatic heterocycles. The third-order valence-corrected chi connectivity index (χ3v) is 7.21. The van der Waals surface area contributed by atoms with Crippen molar-refractivity contribution in [1.82, 2.24) is 19.4 Å². The van der Waals surface area contributed by atoms with Gasteiger partial charge in [0, 0.05) is 44.8 Å². The van der Waals surface area contributed by atoms with Crippen molar-refractivity contribution in [3.63, 3.8) is 0 Å². The number of piperidine rings is 1. The van der Waals surface area contributed by atoms with Gasteiger partial charge in [-0.1, -0.05) is 13.8 Å². The maximum atomic E-state index is 13.3. The van der Waals surface area contributed by atoms with Crippen molar-refractivity contribution < 1.29 is 9.90 Å². The minimum absolute atomic E-state index is 0.0850. The standard InChI is InChI=1S/C25H39N5O2/c1-4-13-30-23-11-10-19(17-22(23)26-25(30)29-15-7-9-21(31)18-29)24(32)27(3)20-8-6-14-28(5-2)16-12-20/h10-11,17,20-21,31H,4-9,12-16,18H2,1-3H3. The lowest BCUT2D eigenvalue weighted by Gasteiger charge is -2.31. The highest BCUT2D eigenvalue weighted by atomic mass is 16.3. The first-order valence-electron chi connectivity index (χ1n) is 12.4. The van der Waals surface area contributed by atoms with Crippen LogP contribution in [0.4, 0.5) is 5.95 Å². The van der Waals surface area contributed by atoms with E-state index >= 15 is 0 Å². The third kappa shape index (κ3) is 4.79. The van der Waals surface area contributed by atoms with Gasteiger partial charge in [-0.25, -0.2) is 4.98 Å². The fraction of sp³-hybridized carbons (Fsp3) is 0.680. The number of amides is 1. The largest absolute Gasteiger partial charge is 0.391 e. The molecule has 7 nitrogen and oxygen atoms in total. The molecule has 0 aliphatic carbocycles. The Kier molecular flexibility index (Phi) is 7.36. The predicted molar refractivity (Wildman–Crippen MR) is 129 cm³/mol. The van der Waals surface area contributed by atoms with Crippen LogP contribution in [0.5, 0.6) is 0 Å². The first-order chi connectivity index (χ1) is 15.5. The number of aliphatic hydroxyl groups is 1. The van der Waals surface area contributed by atoms with Crippen LogP contribution in [-0.2, 0) is 6.54 Å². The number of anilines is 1. The van der Waals surface area contributed by atoms with Crippen LogP contribution in [0.2, 0.25) is 0 Å². The van der Waals surface area contributed by atoms with Crippen LogP contribution in [0.25, 0.3) is 11.0 Å². The van der Waals surface area contributed by atoms with E-state index in [9.17, 15) is 9.90 Å². The number of aromatic nitrogens is 2. The summed E-state index contributed by atoms with van der Waals surface area (Å²) in [5.41, 5.74) is 2.64. The number of carbonyl (C=O) groups excluding carboxylic acids is 1. The van der Waals surface area contributed by atoms with Gasteiger partial charge in [-0.15, -0.1) is 0 Å². The van der Waals surface area contributed by atoms with Crippen LogP contribution in [0.15, 0.2) is 18.2 Å². The summed E-state index contributed by atoms with van der Waals surface area (Å²) >= 11 is 0. The molecular weight excluding hydrogens is 402 g/mol. The number of nitrogens with zero attached hydrogens (tertiary/aromatic N) is 5. The van der Waals surface area contributed by atoms with E-state index in [0.29, 0.717) is 12.1 Å². The van der Waals surface area contributed by atoms with E-state index in [4.69, 9.17) is 4.98 Å². The molecule has 0 saturated carbocycles. The van der Waals surface area contributed by atoms with Crippen LogP contribution in [0.3, 0.4) is 0 Å². The molecule has 0 bridgehead atoms. The molecule has 2 fully saturated rings. The Balaban J connectivity index is 1.58. The number of likely N-dealkylation sites (tertiary alicyclic amines) is 1.